The van der Waals surface area contributed by atoms with Crippen LogP contribution in [-0.4, -0.2) is 66.1 Å². The molecule has 3 heterocycles. The van der Waals surface area contributed by atoms with Crippen LogP contribution < -0.4 is 10.6 Å². The Morgan fingerprint density at radius 1 is 1.46 bits per heavy atom. The summed E-state index contributed by atoms with van der Waals surface area (Å²) in [5.41, 5.74) is 8.60. The molecule has 0 saturated carbocycles. The molecule has 0 radical (unpaired) electrons. The Kier molecular flexibility index (Phi) is 5.75. The van der Waals surface area contributed by atoms with Gasteiger partial charge in [0.25, 0.3) is 0 Å². The van der Waals surface area contributed by atoms with Crippen molar-refractivity contribution >= 4 is 23.6 Å². The van der Waals surface area contributed by atoms with E-state index in [4.69, 9.17) is 21.9 Å². The van der Waals surface area contributed by atoms with Crippen LogP contribution in [0.4, 0.5) is 4.79 Å². The molecule has 1 fully saturated rings. The van der Waals surface area contributed by atoms with Crippen molar-refractivity contribution in [1.29, 1.82) is 0 Å². The molecule has 3 aliphatic rings. The van der Waals surface area contributed by atoms with E-state index in [1.165, 1.54) is 0 Å². The number of amides is 2. The number of rotatable bonds is 4. The molecule has 0 aromatic rings. The summed E-state index contributed by atoms with van der Waals surface area (Å²) in [6.45, 7) is 1.51. The Morgan fingerprint density at radius 3 is 2.96 bits per heavy atom. The number of alkyl halides is 1. The zero-order valence-electron chi connectivity index (χ0n) is 14.1. The minimum absolute atomic E-state index is 0.0666. The first-order valence-corrected chi connectivity index (χ1v) is 8.84. The van der Waals surface area contributed by atoms with Gasteiger partial charge in [-0.2, -0.15) is 0 Å². The van der Waals surface area contributed by atoms with Crippen molar-refractivity contribution in [2.45, 2.75) is 24.4 Å². The largest absolute Gasteiger partial charge is 0.449 e. The topological polar surface area (TPSA) is 123 Å². The van der Waals surface area contributed by atoms with Gasteiger partial charge >= 0.3 is 6.09 Å². The number of nitrogens with zero attached hydrogens (tertiary/aromatic N) is 5. The monoisotopic (exact) mass is 381 g/mol. The fourth-order valence-corrected chi connectivity index (χ4v) is 3.44. The molecule has 1 atom stereocenters. The first-order chi connectivity index (χ1) is 12.6. The van der Waals surface area contributed by atoms with Crippen molar-refractivity contribution in [1.82, 2.24) is 20.4 Å². The van der Waals surface area contributed by atoms with E-state index < -0.39 is 6.09 Å². The zero-order chi connectivity index (χ0) is 18.5. The van der Waals surface area contributed by atoms with Gasteiger partial charge in [0, 0.05) is 24.0 Å². The lowest BCUT2D eigenvalue weighted by atomic mass is 10.0. The number of carbonyl (C=O) groups is 2. The number of hydrogen-bond acceptors (Lipinski definition) is 6. The third kappa shape index (κ3) is 4.14. The number of halogens is 1. The highest BCUT2D eigenvalue weighted by molar-refractivity contribution is 6.21. The molecule has 3 rings (SSSR count). The smallest absolute Gasteiger partial charge is 0.409 e. The number of allylic oxidation sites excluding steroid dienone is 1. The lowest BCUT2D eigenvalue weighted by Crippen LogP contribution is -2.55. The Labute approximate surface area is 155 Å². The normalized spacial score (nSPS) is 23.0. The Bertz CT molecular complexity index is 681. The summed E-state index contributed by atoms with van der Waals surface area (Å²) in [5.74, 6) is 0.755. The summed E-state index contributed by atoms with van der Waals surface area (Å²) < 4.78 is 5.08. The molecule has 2 N–H and O–H groups in total. The van der Waals surface area contributed by atoms with Crippen molar-refractivity contribution < 1.29 is 14.3 Å². The number of piperidine rings is 1. The molecule has 3 aliphatic heterocycles. The molecule has 10 nitrogen and oxygen atoms in total. The van der Waals surface area contributed by atoms with Gasteiger partial charge in [-0.25, -0.2) is 4.79 Å². The predicted octanol–water partition coefficient (Wildman–Crippen LogP) is 1.22. The van der Waals surface area contributed by atoms with Crippen LogP contribution in [0.3, 0.4) is 0 Å². The maximum absolute atomic E-state index is 12.0. The Hall–Kier alpha value is -2.58. The van der Waals surface area contributed by atoms with Gasteiger partial charge in [-0.3, -0.25) is 4.79 Å². The van der Waals surface area contributed by atoms with E-state index in [2.05, 4.69) is 20.7 Å². The maximum Gasteiger partial charge on any atom is 0.409 e. The van der Waals surface area contributed by atoms with Crippen LogP contribution in [0.5, 0.6) is 0 Å². The number of nitrogens with one attached hydrogen (secondary N) is 2. The molecule has 0 spiro atoms. The van der Waals surface area contributed by atoms with E-state index >= 15 is 0 Å². The molecule has 0 aliphatic carbocycles. The average molecular weight is 382 g/mol. The number of ether oxygens (including phenoxy) is 1. The van der Waals surface area contributed by atoms with E-state index in [1.807, 2.05) is 11.0 Å². The SMILES string of the molecule is [N-]=[N+]=NCCOC(=O)N1CCC(N2CC(=O)NC3=C2NC(Cl)C=C3)CC1. The summed E-state index contributed by atoms with van der Waals surface area (Å²) in [6, 6.07) is 0.126. The molecule has 0 bridgehead atoms. The maximum atomic E-state index is 12.0. The molecule has 140 valence electrons. The lowest BCUT2D eigenvalue weighted by molar-refractivity contribution is -0.122. The fraction of sp³-hybridized carbons (Fsp3) is 0.600. The molecule has 26 heavy (non-hydrogen) atoms. The van der Waals surface area contributed by atoms with E-state index in [0.29, 0.717) is 25.9 Å². The highest BCUT2D eigenvalue weighted by Crippen LogP contribution is 2.26. The van der Waals surface area contributed by atoms with Crippen molar-refractivity contribution in [3.05, 3.63) is 34.1 Å². The lowest BCUT2D eigenvalue weighted by Gasteiger charge is -2.43. The highest BCUT2D eigenvalue weighted by Gasteiger charge is 2.34. The second-order valence-corrected chi connectivity index (χ2v) is 6.60. The van der Waals surface area contributed by atoms with Crippen LogP contribution in [0.1, 0.15) is 12.8 Å². The van der Waals surface area contributed by atoms with Crippen LogP contribution in [0.15, 0.2) is 28.8 Å². The third-order valence-electron chi connectivity index (χ3n) is 4.48. The van der Waals surface area contributed by atoms with E-state index in [-0.39, 0.29) is 37.1 Å². The van der Waals surface area contributed by atoms with E-state index in [9.17, 15) is 9.59 Å². The summed E-state index contributed by atoms with van der Waals surface area (Å²) >= 11 is 6.14. The van der Waals surface area contributed by atoms with Crippen LogP contribution >= 0.6 is 11.6 Å². The molecule has 0 aromatic carbocycles. The Morgan fingerprint density at radius 2 is 2.23 bits per heavy atom. The summed E-state index contributed by atoms with van der Waals surface area (Å²) in [4.78, 5) is 30.3. The first-order valence-electron chi connectivity index (χ1n) is 8.40. The second-order valence-electron chi connectivity index (χ2n) is 6.13. The fourth-order valence-electron chi connectivity index (χ4n) is 3.26. The minimum atomic E-state index is -0.410. The summed E-state index contributed by atoms with van der Waals surface area (Å²) in [5, 5.41) is 9.35. The van der Waals surface area contributed by atoms with Gasteiger partial charge < -0.3 is 25.2 Å². The van der Waals surface area contributed by atoms with Crippen molar-refractivity contribution in [2.24, 2.45) is 5.11 Å². The average Bonchev–Trinajstić information content (AvgIpc) is 2.65. The minimum Gasteiger partial charge on any atom is -0.449 e. The van der Waals surface area contributed by atoms with Crippen LogP contribution in [0, 0.1) is 0 Å². The molecule has 2 amide bonds. The van der Waals surface area contributed by atoms with E-state index in [0.717, 1.165) is 11.5 Å². The van der Waals surface area contributed by atoms with Gasteiger partial charge in [-0.05, 0) is 30.5 Å². The standard InChI is InChI=1S/C15H20ClN7O3/c16-12-2-1-11-14(20-12)23(9-13(24)19-11)10-3-6-22(7-4-10)15(25)26-8-5-18-21-17/h1-2,10,12,20H,3-9H2,(H,19,24). The van der Waals surface area contributed by atoms with Crippen molar-refractivity contribution in [2.75, 3.05) is 32.8 Å². The first kappa shape index (κ1) is 18.2. The van der Waals surface area contributed by atoms with Crippen LogP contribution in [0.2, 0.25) is 0 Å². The molecular formula is C15H20ClN7O3. The quantitative estimate of drug-likeness (QED) is 0.189. The van der Waals surface area contributed by atoms with Crippen LogP contribution in [-0.2, 0) is 9.53 Å². The highest BCUT2D eigenvalue weighted by atomic mass is 35.5. The number of azide groups is 1. The number of hydrogen-bond donors (Lipinski definition) is 2. The molecule has 1 saturated heterocycles. The number of carbonyl (C=O) groups excluding carboxylic acids is 2. The summed E-state index contributed by atoms with van der Waals surface area (Å²) in [7, 11) is 0. The summed E-state index contributed by atoms with van der Waals surface area (Å²) in [6.07, 6.45) is 4.61. The van der Waals surface area contributed by atoms with Gasteiger partial charge in [0.2, 0.25) is 5.91 Å². The van der Waals surface area contributed by atoms with Gasteiger partial charge in [0.05, 0.1) is 25.4 Å². The molecular weight excluding hydrogens is 362 g/mol. The predicted molar refractivity (Wildman–Crippen MR) is 93.7 cm³/mol. The molecule has 11 heteroatoms. The zero-order valence-corrected chi connectivity index (χ0v) is 14.9. The Balaban J connectivity index is 1.57. The number of likely N-dealkylation sites (tertiary alicyclic amines) is 1. The van der Waals surface area contributed by atoms with Gasteiger partial charge in [0.1, 0.15) is 11.3 Å². The van der Waals surface area contributed by atoms with Gasteiger partial charge in [-0.1, -0.05) is 16.7 Å². The van der Waals surface area contributed by atoms with Gasteiger partial charge in [-0.15, -0.1) is 0 Å². The second kappa shape index (κ2) is 8.20. The third-order valence-corrected chi connectivity index (χ3v) is 4.73. The van der Waals surface area contributed by atoms with Crippen LogP contribution in [0.25, 0.3) is 10.4 Å². The molecule has 0 aromatic heterocycles. The van der Waals surface area contributed by atoms with Crippen molar-refractivity contribution in [3.63, 3.8) is 0 Å². The number of dihydropyridines is 1. The molecule has 1 unspecified atom stereocenters. The van der Waals surface area contributed by atoms with E-state index in [1.54, 1.807) is 11.0 Å². The van der Waals surface area contributed by atoms with Crippen molar-refractivity contribution in [3.8, 4) is 0 Å². The van der Waals surface area contributed by atoms with Gasteiger partial charge in [0.15, 0.2) is 0 Å².